The highest BCUT2D eigenvalue weighted by Crippen LogP contribution is 2.25. The lowest BCUT2D eigenvalue weighted by molar-refractivity contribution is 0.112. The summed E-state index contributed by atoms with van der Waals surface area (Å²) < 4.78 is 2.08. The summed E-state index contributed by atoms with van der Waals surface area (Å²) >= 11 is 0. The van der Waals surface area contributed by atoms with Gasteiger partial charge in [0.25, 0.3) is 0 Å². The molecule has 4 nitrogen and oxygen atoms in total. The van der Waals surface area contributed by atoms with E-state index in [0.29, 0.717) is 5.56 Å². The van der Waals surface area contributed by atoms with Gasteiger partial charge >= 0.3 is 0 Å². The van der Waals surface area contributed by atoms with Gasteiger partial charge in [0.05, 0.1) is 11.0 Å². The van der Waals surface area contributed by atoms with Crippen LogP contribution in [0.1, 0.15) is 29.6 Å². The molecule has 0 bridgehead atoms. The number of hydrogen-bond donors (Lipinski definition) is 0. The quantitative estimate of drug-likeness (QED) is 0.690. The standard InChI is InChI=1S/C19H19N3O/c23-13-15-7-8-19-18(11-15)20-14-22(19)17-6-4-5-16(12-17)21-9-2-1-3-10-21/h4-8,11-14H,1-3,9-10H2. The average Bonchev–Trinajstić information content (AvgIpc) is 3.05. The fourth-order valence-corrected chi connectivity index (χ4v) is 3.30. The summed E-state index contributed by atoms with van der Waals surface area (Å²) in [7, 11) is 0. The number of aromatic nitrogens is 2. The normalized spacial score (nSPS) is 15.0. The summed E-state index contributed by atoms with van der Waals surface area (Å²) in [6.07, 6.45) is 6.56. The number of piperidine rings is 1. The highest BCUT2D eigenvalue weighted by molar-refractivity contribution is 5.85. The second-order valence-corrected chi connectivity index (χ2v) is 6.05. The van der Waals surface area contributed by atoms with Gasteiger partial charge in [0.15, 0.2) is 0 Å². The van der Waals surface area contributed by atoms with Crippen molar-refractivity contribution in [2.24, 2.45) is 0 Å². The lowest BCUT2D eigenvalue weighted by atomic mass is 10.1. The Labute approximate surface area is 135 Å². The van der Waals surface area contributed by atoms with Crippen LogP contribution in [0.5, 0.6) is 0 Å². The van der Waals surface area contributed by atoms with Gasteiger partial charge < -0.3 is 4.90 Å². The molecule has 0 unspecified atom stereocenters. The molecule has 0 spiro atoms. The Balaban J connectivity index is 1.74. The van der Waals surface area contributed by atoms with Crippen LogP contribution in [0.25, 0.3) is 16.7 Å². The first-order chi connectivity index (χ1) is 11.3. The predicted octanol–water partition coefficient (Wildman–Crippen LogP) is 3.83. The van der Waals surface area contributed by atoms with Crippen molar-refractivity contribution in [1.82, 2.24) is 9.55 Å². The molecule has 4 heteroatoms. The summed E-state index contributed by atoms with van der Waals surface area (Å²) in [6, 6.07) is 14.2. The van der Waals surface area contributed by atoms with Gasteiger partial charge in [-0.1, -0.05) is 6.07 Å². The van der Waals surface area contributed by atoms with E-state index in [2.05, 4.69) is 38.7 Å². The number of imidazole rings is 1. The highest BCUT2D eigenvalue weighted by atomic mass is 16.1. The molecule has 1 fully saturated rings. The van der Waals surface area contributed by atoms with Crippen molar-refractivity contribution in [2.75, 3.05) is 18.0 Å². The van der Waals surface area contributed by atoms with Crippen molar-refractivity contribution in [2.45, 2.75) is 19.3 Å². The summed E-state index contributed by atoms with van der Waals surface area (Å²) in [6.45, 7) is 2.27. The Morgan fingerprint density at radius 2 is 1.78 bits per heavy atom. The van der Waals surface area contributed by atoms with E-state index in [-0.39, 0.29) is 0 Å². The molecular weight excluding hydrogens is 286 g/mol. The number of fused-ring (bicyclic) bond motifs is 1. The predicted molar refractivity (Wildman–Crippen MR) is 92.5 cm³/mol. The van der Waals surface area contributed by atoms with E-state index in [9.17, 15) is 4.79 Å². The van der Waals surface area contributed by atoms with Gasteiger partial charge in [0.1, 0.15) is 12.6 Å². The van der Waals surface area contributed by atoms with Crippen LogP contribution in [0, 0.1) is 0 Å². The molecule has 3 aromatic rings. The monoisotopic (exact) mass is 305 g/mol. The summed E-state index contributed by atoms with van der Waals surface area (Å²) in [5, 5.41) is 0. The third kappa shape index (κ3) is 2.61. The number of carbonyl (C=O) groups excluding carboxylic acids is 1. The van der Waals surface area contributed by atoms with E-state index >= 15 is 0 Å². The second kappa shape index (κ2) is 5.88. The molecule has 0 atom stereocenters. The maximum absolute atomic E-state index is 10.9. The van der Waals surface area contributed by atoms with Crippen LogP contribution < -0.4 is 4.90 Å². The van der Waals surface area contributed by atoms with Crippen molar-refractivity contribution >= 4 is 23.0 Å². The molecule has 1 aliphatic heterocycles. The topological polar surface area (TPSA) is 38.1 Å². The summed E-state index contributed by atoms with van der Waals surface area (Å²) in [5.41, 5.74) is 4.90. The molecule has 1 saturated heterocycles. The van der Waals surface area contributed by atoms with Crippen molar-refractivity contribution < 1.29 is 4.79 Å². The minimum atomic E-state index is 0.657. The van der Waals surface area contributed by atoms with Gasteiger partial charge in [0, 0.05) is 30.0 Å². The first kappa shape index (κ1) is 14.0. The van der Waals surface area contributed by atoms with Crippen molar-refractivity contribution in [3.63, 3.8) is 0 Å². The Morgan fingerprint density at radius 1 is 0.957 bits per heavy atom. The molecule has 1 aliphatic rings. The van der Waals surface area contributed by atoms with Crippen molar-refractivity contribution in [3.8, 4) is 5.69 Å². The van der Waals surface area contributed by atoms with Crippen molar-refractivity contribution in [1.29, 1.82) is 0 Å². The Morgan fingerprint density at radius 3 is 2.61 bits per heavy atom. The van der Waals surface area contributed by atoms with Crippen LogP contribution in [0.2, 0.25) is 0 Å². The molecule has 116 valence electrons. The average molecular weight is 305 g/mol. The van der Waals surface area contributed by atoms with E-state index in [1.807, 2.05) is 24.5 Å². The van der Waals surface area contributed by atoms with Gasteiger partial charge in [-0.05, 0) is 55.7 Å². The van der Waals surface area contributed by atoms with Gasteiger partial charge in [-0.2, -0.15) is 0 Å². The molecule has 0 N–H and O–H groups in total. The zero-order chi connectivity index (χ0) is 15.6. The molecular formula is C19H19N3O. The van der Waals surface area contributed by atoms with E-state index in [1.54, 1.807) is 0 Å². The summed E-state index contributed by atoms with van der Waals surface area (Å²) in [5.74, 6) is 0. The number of benzene rings is 2. The molecule has 0 amide bonds. The van der Waals surface area contributed by atoms with Crippen LogP contribution >= 0.6 is 0 Å². The second-order valence-electron chi connectivity index (χ2n) is 6.05. The fraction of sp³-hybridized carbons (Fsp3) is 0.263. The Bertz CT molecular complexity index is 847. The lowest BCUT2D eigenvalue weighted by Crippen LogP contribution is -2.29. The molecule has 0 radical (unpaired) electrons. The highest BCUT2D eigenvalue weighted by Gasteiger charge is 2.12. The fourth-order valence-electron chi connectivity index (χ4n) is 3.30. The van der Waals surface area contributed by atoms with Gasteiger partial charge in [0.2, 0.25) is 0 Å². The van der Waals surface area contributed by atoms with Crippen LogP contribution in [0.4, 0.5) is 5.69 Å². The van der Waals surface area contributed by atoms with Crippen LogP contribution in [-0.2, 0) is 0 Å². The number of anilines is 1. The third-order valence-electron chi connectivity index (χ3n) is 4.54. The number of rotatable bonds is 3. The first-order valence-corrected chi connectivity index (χ1v) is 8.13. The molecule has 0 aliphatic carbocycles. The number of hydrogen-bond acceptors (Lipinski definition) is 3. The minimum absolute atomic E-state index is 0.657. The molecule has 2 heterocycles. The largest absolute Gasteiger partial charge is 0.371 e. The summed E-state index contributed by atoms with van der Waals surface area (Å²) in [4.78, 5) is 17.8. The van der Waals surface area contributed by atoms with E-state index in [4.69, 9.17) is 0 Å². The SMILES string of the molecule is O=Cc1ccc2c(c1)ncn2-c1cccc(N2CCCCC2)c1. The zero-order valence-corrected chi connectivity index (χ0v) is 13.0. The van der Waals surface area contributed by atoms with Crippen LogP contribution in [0.3, 0.4) is 0 Å². The smallest absolute Gasteiger partial charge is 0.150 e. The maximum atomic E-state index is 10.9. The molecule has 4 rings (SSSR count). The van der Waals surface area contributed by atoms with Crippen LogP contribution in [-0.4, -0.2) is 28.9 Å². The van der Waals surface area contributed by atoms with Crippen LogP contribution in [0.15, 0.2) is 48.8 Å². The number of nitrogens with zero attached hydrogens (tertiary/aromatic N) is 3. The first-order valence-electron chi connectivity index (χ1n) is 8.13. The lowest BCUT2D eigenvalue weighted by Gasteiger charge is -2.29. The number of carbonyl (C=O) groups is 1. The van der Waals surface area contributed by atoms with E-state index < -0.39 is 0 Å². The maximum Gasteiger partial charge on any atom is 0.150 e. The third-order valence-corrected chi connectivity index (χ3v) is 4.54. The van der Waals surface area contributed by atoms with Gasteiger partial charge in [-0.25, -0.2) is 4.98 Å². The van der Waals surface area contributed by atoms with E-state index in [1.165, 1.54) is 24.9 Å². The van der Waals surface area contributed by atoms with Crippen molar-refractivity contribution in [3.05, 3.63) is 54.4 Å². The van der Waals surface area contributed by atoms with Gasteiger partial charge in [-0.3, -0.25) is 9.36 Å². The minimum Gasteiger partial charge on any atom is -0.371 e. The van der Waals surface area contributed by atoms with E-state index in [0.717, 1.165) is 36.1 Å². The molecule has 2 aromatic carbocycles. The van der Waals surface area contributed by atoms with Gasteiger partial charge in [-0.15, -0.1) is 0 Å². The molecule has 1 aromatic heterocycles. The molecule has 0 saturated carbocycles. The molecule has 23 heavy (non-hydrogen) atoms. The Kier molecular flexibility index (Phi) is 3.58. The zero-order valence-electron chi connectivity index (χ0n) is 13.0. The Hall–Kier alpha value is -2.62. The number of aldehydes is 1.